The number of anilines is 1. The summed E-state index contributed by atoms with van der Waals surface area (Å²) in [4.78, 5) is 2.62. The molecule has 0 spiro atoms. The van der Waals surface area contributed by atoms with Crippen LogP contribution in [-0.4, -0.2) is 24.5 Å². The van der Waals surface area contributed by atoms with E-state index < -0.39 is 0 Å². The SMILES string of the molecule is c1cc(CN2CCCCC2)c2c(c1)NCCC2. The van der Waals surface area contributed by atoms with Crippen molar-refractivity contribution in [2.75, 3.05) is 25.0 Å². The fourth-order valence-corrected chi connectivity index (χ4v) is 3.09. The van der Waals surface area contributed by atoms with Crippen LogP contribution in [0.1, 0.15) is 36.8 Å². The van der Waals surface area contributed by atoms with Gasteiger partial charge in [-0.1, -0.05) is 18.6 Å². The van der Waals surface area contributed by atoms with E-state index in [1.807, 2.05) is 0 Å². The molecule has 1 aromatic carbocycles. The molecule has 2 aliphatic rings. The first-order valence-corrected chi connectivity index (χ1v) is 7.00. The van der Waals surface area contributed by atoms with E-state index in [1.165, 1.54) is 50.9 Å². The first-order valence-electron chi connectivity index (χ1n) is 7.00. The van der Waals surface area contributed by atoms with Crippen molar-refractivity contribution in [3.63, 3.8) is 0 Å². The summed E-state index contributed by atoms with van der Waals surface area (Å²) in [5.41, 5.74) is 4.51. The average molecular weight is 230 g/mol. The smallest absolute Gasteiger partial charge is 0.0375 e. The maximum Gasteiger partial charge on any atom is 0.0375 e. The van der Waals surface area contributed by atoms with Crippen molar-refractivity contribution in [3.8, 4) is 0 Å². The van der Waals surface area contributed by atoms with Gasteiger partial charge in [-0.25, -0.2) is 0 Å². The van der Waals surface area contributed by atoms with Crippen LogP contribution in [0.4, 0.5) is 5.69 Å². The van der Waals surface area contributed by atoms with E-state index in [0.29, 0.717) is 0 Å². The number of hydrogen-bond acceptors (Lipinski definition) is 2. The maximum absolute atomic E-state index is 3.52. The van der Waals surface area contributed by atoms with Gasteiger partial charge in [0.2, 0.25) is 0 Å². The van der Waals surface area contributed by atoms with Crippen molar-refractivity contribution in [2.24, 2.45) is 0 Å². The molecule has 1 saturated heterocycles. The highest BCUT2D eigenvalue weighted by atomic mass is 15.1. The Morgan fingerprint density at radius 2 is 1.94 bits per heavy atom. The molecule has 2 heteroatoms. The monoisotopic (exact) mass is 230 g/mol. The molecule has 0 saturated carbocycles. The number of nitrogens with one attached hydrogen (secondary N) is 1. The Morgan fingerprint density at radius 3 is 2.82 bits per heavy atom. The molecular weight excluding hydrogens is 208 g/mol. The summed E-state index contributed by atoms with van der Waals surface area (Å²) >= 11 is 0. The molecule has 0 aliphatic carbocycles. The van der Waals surface area contributed by atoms with E-state index in [0.717, 1.165) is 13.1 Å². The Labute approximate surface area is 104 Å². The molecule has 1 fully saturated rings. The molecule has 2 aliphatic heterocycles. The van der Waals surface area contributed by atoms with E-state index in [9.17, 15) is 0 Å². The summed E-state index contributed by atoms with van der Waals surface area (Å²) in [5.74, 6) is 0. The van der Waals surface area contributed by atoms with E-state index in [1.54, 1.807) is 11.1 Å². The van der Waals surface area contributed by atoms with Gasteiger partial charge in [-0.05, 0) is 56.0 Å². The van der Waals surface area contributed by atoms with Crippen LogP contribution in [0.3, 0.4) is 0 Å². The molecule has 0 amide bonds. The Kier molecular flexibility index (Phi) is 3.32. The lowest BCUT2D eigenvalue weighted by atomic mass is 9.97. The average Bonchev–Trinajstić information content (AvgIpc) is 2.40. The first kappa shape index (κ1) is 11.1. The molecule has 2 nitrogen and oxygen atoms in total. The quantitative estimate of drug-likeness (QED) is 0.840. The molecule has 0 unspecified atom stereocenters. The van der Waals surface area contributed by atoms with E-state index in [-0.39, 0.29) is 0 Å². The maximum atomic E-state index is 3.52. The Balaban J connectivity index is 1.77. The van der Waals surface area contributed by atoms with E-state index in [2.05, 4.69) is 28.4 Å². The molecule has 92 valence electrons. The summed E-state index contributed by atoms with van der Waals surface area (Å²) in [6.45, 7) is 4.87. The molecule has 2 heterocycles. The Bertz CT molecular complexity index is 381. The van der Waals surface area contributed by atoms with Crippen molar-refractivity contribution in [1.82, 2.24) is 4.90 Å². The van der Waals surface area contributed by atoms with Gasteiger partial charge in [0.05, 0.1) is 0 Å². The zero-order valence-electron chi connectivity index (χ0n) is 10.5. The highest BCUT2D eigenvalue weighted by molar-refractivity contribution is 5.56. The summed E-state index contributed by atoms with van der Waals surface area (Å²) in [6, 6.07) is 6.76. The van der Waals surface area contributed by atoms with Gasteiger partial charge < -0.3 is 5.32 Å². The zero-order chi connectivity index (χ0) is 11.5. The van der Waals surface area contributed by atoms with Gasteiger partial charge >= 0.3 is 0 Å². The van der Waals surface area contributed by atoms with Crippen LogP contribution in [-0.2, 0) is 13.0 Å². The highest BCUT2D eigenvalue weighted by Crippen LogP contribution is 2.26. The second-order valence-corrected chi connectivity index (χ2v) is 5.31. The van der Waals surface area contributed by atoms with Crippen LogP contribution in [0.25, 0.3) is 0 Å². The number of hydrogen-bond donors (Lipinski definition) is 1. The normalized spacial score (nSPS) is 20.7. The van der Waals surface area contributed by atoms with Gasteiger partial charge in [-0.2, -0.15) is 0 Å². The third kappa shape index (κ3) is 2.47. The summed E-state index contributed by atoms with van der Waals surface area (Å²) in [5, 5.41) is 3.52. The lowest BCUT2D eigenvalue weighted by molar-refractivity contribution is 0.220. The highest BCUT2D eigenvalue weighted by Gasteiger charge is 2.16. The summed E-state index contributed by atoms with van der Waals surface area (Å²) < 4.78 is 0. The van der Waals surface area contributed by atoms with Gasteiger partial charge in [0.25, 0.3) is 0 Å². The largest absolute Gasteiger partial charge is 0.385 e. The van der Waals surface area contributed by atoms with Crippen molar-refractivity contribution in [3.05, 3.63) is 29.3 Å². The standard InChI is InChI=1S/C15H22N2/c1-2-10-17(11-3-1)12-13-6-4-8-15-14(13)7-5-9-16-15/h4,6,8,16H,1-3,5,7,9-12H2. The summed E-state index contributed by atoms with van der Waals surface area (Å²) in [6.07, 6.45) is 6.72. The lowest BCUT2D eigenvalue weighted by Gasteiger charge is -2.29. The van der Waals surface area contributed by atoms with Crippen molar-refractivity contribution in [2.45, 2.75) is 38.6 Å². The molecule has 1 aromatic rings. The number of benzene rings is 1. The molecule has 0 aromatic heterocycles. The minimum atomic E-state index is 1.14. The molecule has 17 heavy (non-hydrogen) atoms. The Hall–Kier alpha value is -1.02. The minimum absolute atomic E-state index is 1.14. The molecule has 0 bridgehead atoms. The van der Waals surface area contributed by atoms with Crippen LogP contribution in [0.2, 0.25) is 0 Å². The third-order valence-electron chi connectivity index (χ3n) is 4.03. The van der Waals surface area contributed by atoms with Crippen LogP contribution in [0.5, 0.6) is 0 Å². The molecule has 1 N–H and O–H groups in total. The number of piperidine rings is 1. The molecule has 0 atom stereocenters. The number of nitrogens with zero attached hydrogens (tertiary/aromatic N) is 1. The second-order valence-electron chi connectivity index (χ2n) is 5.31. The number of likely N-dealkylation sites (tertiary alicyclic amines) is 1. The first-order chi connectivity index (χ1) is 8.43. The van der Waals surface area contributed by atoms with Gasteiger partial charge in [0.15, 0.2) is 0 Å². The Morgan fingerprint density at radius 1 is 1.06 bits per heavy atom. The predicted octanol–water partition coefficient (Wildman–Crippen LogP) is 3.03. The van der Waals surface area contributed by atoms with E-state index >= 15 is 0 Å². The van der Waals surface area contributed by atoms with E-state index in [4.69, 9.17) is 0 Å². The number of rotatable bonds is 2. The van der Waals surface area contributed by atoms with Crippen molar-refractivity contribution in [1.29, 1.82) is 0 Å². The van der Waals surface area contributed by atoms with Crippen molar-refractivity contribution < 1.29 is 0 Å². The zero-order valence-corrected chi connectivity index (χ0v) is 10.5. The van der Waals surface area contributed by atoms with Gasteiger partial charge in [0.1, 0.15) is 0 Å². The van der Waals surface area contributed by atoms with Crippen LogP contribution in [0.15, 0.2) is 18.2 Å². The molecular formula is C15H22N2. The topological polar surface area (TPSA) is 15.3 Å². The van der Waals surface area contributed by atoms with Crippen molar-refractivity contribution >= 4 is 5.69 Å². The molecule has 0 radical (unpaired) electrons. The van der Waals surface area contributed by atoms with Gasteiger partial charge in [0, 0.05) is 18.8 Å². The third-order valence-corrected chi connectivity index (χ3v) is 4.03. The molecule has 3 rings (SSSR count). The fraction of sp³-hybridized carbons (Fsp3) is 0.600. The van der Waals surface area contributed by atoms with Crippen LogP contribution < -0.4 is 5.32 Å². The summed E-state index contributed by atoms with van der Waals surface area (Å²) in [7, 11) is 0. The predicted molar refractivity (Wildman–Crippen MR) is 72.4 cm³/mol. The number of fused-ring (bicyclic) bond motifs is 1. The van der Waals surface area contributed by atoms with Gasteiger partial charge in [-0.3, -0.25) is 4.90 Å². The second kappa shape index (κ2) is 5.09. The minimum Gasteiger partial charge on any atom is -0.385 e. The lowest BCUT2D eigenvalue weighted by Crippen LogP contribution is -2.29. The fourth-order valence-electron chi connectivity index (χ4n) is 3.09. The van der Waals surface area contributed by atoms with Gasteiger partial charge in [-0.15, -0.1) is 0 Å². The van der Waals surface area contributed by atoms with Crippen LogP contribution >= 0.6 is 0 Å². The van der Waals surface area contributed by atoms with Crippen LogP contribution in [0, 0.1) is 0 Å².